The van der Waals surface area contributed by atoms with Crippen molar-refractivity contribution in [3.8, 4) is 0 Å². The SMILES string of the molecule is CCOC(=O)c1c(CC)ssc1=O. The van der Waals surface area contributed by atoms with Crippen molar-refractivity contribution in [2.45, 2.75) is 20.3 Å². The molecule has 0 bridgehead atoms. The van der Waals surface area contributed by atoms with Gasteiger partial charge in [-0.25, -0.2) is 4.79 Å². The lowest BCUT2D eigenvalue weighted by Gasteiger charge is -1.99. The molecule has 72 valence electrons. The van der Waals surface area contributed by atoms with Gasteiger partial charge in [-0.05, 0) is 23.7 Å². The van der Waals surface area contributed by atoms with Crippen molar-refractivity contribution in [1.29, 1.82) is 0 Å². The third-order valence-electron chi connectivity index (χ3n) is 1.50. The highest BCUT2D eigenvalue weighted by atomic mass is 32.9. The Morgan fingerprint density at radius 3 is 2.62 bits per heavy atom. The van der Waals surface area contributed by atoms with Gasteiger partial charge >= 0.3 is 5.97 Å². The van der Waals surface area contributed by atoms with Crippen LogP contribution in [0.1, 0.15) is 29.1 Å². The summed E-state index contributed by atoms with van der Waals surface area (Å²) in [6.07, 6.45) is 0.706. The van der Waals surface area contributed by atoms with Gasteiger partial charge in [-0.15, -0.1) is 0 Å². The second-order valence-electron chi connectivity index (χ2n) is 2.33. The molecule has 0 saturated carbocycles. The Morgan fingerprint density at radius 2 is 2.08 bits per heavy atom. The van der Waals surface area contributed by atoms with E-state index in [1.807, 2.05) is 6.92 Å². The molecule has 0 saturated heterocycles. The molecule has 0 spiro atoms. The standard InChI is InChI=1S/C8H10O3S2/c1-3-5-6(7(9)11-4-2)8(10)13-12-5/h3-4H2,1-2H3. The summed E-state index contributed by atoms with van der Waals surface area (Å²) < 4.78 is 4.60. The van der Waals surface area contributed by atoms with Crippen LogP contribution in [0.3, 0.4) is 0 Å². The quantitative estimate of drug-likeness (QED) is 0.575. The lowest BCUT2D eigenvalue weighted by Crippen LogP contribution is -2.14. The fourth-order valence-corrected chi connectivity index (χ4v) is 3.21. The van der Waals surface area contributed by atoms with Crippen molar-refractivity contribution in [1.82, 2.24) is 0 Å². The molecular weight excluding hydrogens is 208 g/mol. The fraction of sp³-hybridized carbons (Fsp3) is 0.500. The summed E-state index contributed by atoms with van der Waals surface area (Å²) in [6, 6.07) is 0. The highest BCUT2D eigenvalue weighted by molar-refractivity contribution is 7.68. The smallest absolute Gasteiger partial charge is 0.344 e. The maximum Gasteiger partial charge on any atom is 0.344 e. The van der Waals surface area contributed by atoms with Crippen molar-refractivity contribution >= 4 is 26.7 Å². The Kier molecular flexibility index (Phi) is 3.62. The predicted molar refractivity (Wildman–Crippen MR) is 53.8 cm³/mol. The molecule has 0 radical (unpaired) electrons. The summed E-state index contributed by atoms with van der Waals surface area (Å²) in [4.78, 5) is 23.4. The normalized spacial score (nSPS) is 10.0. The number of hydrogen-bond donors (Lipinski definition) is 0. The first-order valence-corrected chi connectivity index (χ1v) is 6.14. The zero-order valence-electron chi connectivity index (χ0n) is 7.46. The monoisotopic (exact) mass is 218 g/mol. The second-order valence-corrected chi connectivity index (χ2v) is 4.52. The largest absolute Gasteiger partial charge is 0.462 e. The van der Waals surface area contributed by atoms with Crippen LogP contribution in [0.2, 0.25) is 0 Å². The summed E-state index contributed by atoms with van der Waals surface area (Å²) >= 11 is 0. The molecule has 0 aliphatic carbocycles. The molecule has 0 aliphatic heterocycles. The summed E-state index contributed by atoms with van der Waals surface area (Å²) in [6.45, 7) is 3.95. The molecule has 1 heterocycles. The maximum absolute atomic E-state index is 11.3. The Balaban J connectivity index is 3.04. The van der Waals surface area contributed by atoms with Crippen molar-refractivity contribution in [3.05, 3.63) is 20.0 Å². The molecule has 5 heteroatoms. The molecule has 0 N–H and O–H groups in total. The number of hydrogen-bond acceptors (Lipinski definition) is 5. The Labute approximate surface area is 83.4 Å². The molecule has 1 aromatic rings. The van der Waals surface area contributed by atoms with E-state index in [1.165, 1.54) is 10.3 Å². The summed E-state index contributed by atoms with van der Waals surface area (Å²) in [5.41, 5.74) is 0.236. The van der Waals surface area contributed by atoms with E-state index in [2.05, 4.69) is 0 Å². The van der Waals surface area contributed by atoms with E-state index in [4.69, 9.17) is 4.74 Å². The van der Waals surface area contributed by atoms with Crippen LogP contribution < -0.4 is 4.74 Å². The van der Waals surface area contributed by atoms with Gasteiger partial charge in [0.15, 0.2) is 0 Å². The first kappa shape index (κ1) is 10.4. The number of esters is 1. The van der Waals surface area contributed by atoms with E-state index in [0.717, 1.165) is 15.2 Å². The van der Waals surface area contributed by atoms with Gasteiger partial charge in [0.25, 0.3) is 4.74 Å². The van der Waals surface area contributed by atoms with Gasteiger partial charge in [0.2, 0.25) is 0 Å². The van der Waals surface area contributed by atoms with E-state index < -0.39 is 5.97 Å². The molecule has 0 unspecified atom stereocenters. The van der Waals surface area contributed by atoms with Crippen LogP contribution in [0.25, 0.3) is 0 Å². The van der Waals surface area contributed by atoms with Crippen LogP contribution >= 0.6 is 20.7 Å². The first-order valence-electron chi connectivity index (χ1n) is 3.99. The predicted octanol–water partition coefficient (Wildman–Crippen LogP) is 1.91. The van der Waals surface area contributed by atoms with Crippen LogP contribution in [-0.4, -0.2) is 12.6 Å². The Bertz CT molecular complexity index is 351. The first-order chi connectivity index (χ1) is 6.20. The third-order valence-corrected chi connectivity index (χ3v) is 3.94. The minimum absolute atomic E-state index is 0.180. The van der Waals surface area contributed by atoms with Crippen LogP contribution in [0.5, 0.6) is 0 Å². The molecule has 3 nitrogen and oxygen atoms in total. The number of carbonyl (C=O) groups is 1. The number of ether oxygens (including phenoxy) is 1. The highest BCUT2D eigenvalue weighted by Gasteiger charge is 2.18. The van der Waals surface area contributed by atoms with Crippen LogP contribution in [-0.2, 0) is 11.2 Å². The van der Waals surface area contributed by atoms with E-state index in [9.17, 15) is 9.59 Å². The molecule has 1 rings (SSSR count). The third kappa shape index (κ3) is 2.16. The Morgan fingerprint density at radius 1 is 1.38 bits per heavy atom. The zero-order valence-corrected chi connectivity index (χ0v) is 9.09. The van der Waals surface area contributed by atoms with Gasteiger partial charge in [0.05, 0.1) is 6.61 Å². The molecule has 1 aromatic heterocycles. The minimum atomic E-state index is -0.484. The second kappa shape index (κ2) is 4.53. The summed E-state index contributed by atoms with van der Waals surface area (Å²) in [5.74, 6) is -0.484. The average Bonchev–Trinajstić information content (AvgIpc) is 2.47. The minimum Gasteiger partial charge on any atom is -0.462 e. The van der Waals surface area contributed by atoms with Crippen molar-refractivity contribution < 1.29 is 9.53 Å². The molecule has 0 atom stereocenters. The molecule has 0 amide bonds. The summed E-state index contributed by atoms with van der Waals surface area (Å²) in [5, 5.41) is 0. The molecule has 0 fully saturated rings. The maximum atomic E-state index is 11.3. The lowest BCUT2D eigenvalue weighted by molar-refractivity contribution is 0.0525. The van der Waals surface area contributed by atoms with Gasteiger partial charge in [-0.2, -0.15) is 0 Å². The molecule has 0 aliphatic rings. The number of rotatable bonds is 3. The molecule has 13 heavy (non-hydrogen) atoms. The van der Waals surface area contributed by atoms with Crippen molar-refractivity contribution in [2.75, 3.05) is 6.61 Å². The van der Waals surface area contributed by atoms with E-state index in [1.54, 1.807) is 6.92 Å². The topological polar surface area (TPSA) is 43.4 Å². The van der Waals surface area contributed by atoms with E-state index in [-0.39, 0.29) is 10.3 Å². The Hall–Kier alpha value is -0.680. The lowest BCUT2D eigenvalue weighted by atomic mass is 10.2. The number of aryl methyl sites for hydroxylation is 1. The van der Waals surface area contributed by atoms with Crippen LogP contribution in [0, 0.1) is 0 Å². The van der Waals surface area contributed by atoms with Gasteiger partial charge in [0, 0.05) is 4.88 Å². The van der Waals surface area contributed by atoms with Crippen LogP contribution in [0.15, 0.2) is 4.79 Å². The van der Waals surface area contributed by atoms with Crippen LogP contribution in [0.4, 0.5) is 0 Å². The van der Waals surface area contributed by atoms with E-state index in [0.29, 0.717) is 13.0 Å². The molecule has 0 aromatic carbocycles. The van der Waals surface area contributed by atoms with Gasteiger partial charge in [-0.1, -0.05) is 17.3 Å². The zero-order chi connectivity index (χ0) is 9.84. The fourth-order valence-electron chi connectivity index (χ4n) is 0.921. The van der Waals surface area contributed by atoms with Crippen molar-refractivity contribution in [3.63, 3.8) is 0 Å². The highest BCUT2D eigenvalue weighted by Crippen LogP contribution is 2.17. The summed E-state index contributed by atoms with van der Waals surface area (Å²) in [7, 11) is 2.45. The van der Waals surface area contributed by atoms with E-state index >= 15 is 0 Å². The van der Waals surface area contributed by atoms with Gasteiger partial charge in [0.1, 0.15) is 5.56 Å². The van der Waals surface area contributed by atoms with Gasteiger partial charge < -0.3 is 4.74 Å². The molecular formula is C8H10O3S2. The van der Waals surface area contributed by atoms with Crippen molar-refractivity contribution in [2.24, 2.45) is 0 Å². The number of carbonyl (C=O) groups excluding carboxylic acids is 1. The average molecular weight is 218 g/mol. The van der Waals surface area contributed by atoms with Gasteiger partial charge in [-0.3, -0.25) is 4.79 Å².